The Morgan fingerprint density at radius 3 is 2.71 bits per heavy atom. The standard InChI is InChI=1S/C15H19BrN2O3/c1-17(2)15(20)12-5-4-8-18(12)14(19)11-7-6-10(16)9-13(11)21-3/h6-7,9,12H,4-5,8H2,1-3H3. The number of amides is 2. The Kier molecular flexibility index (Phi) is 4.88. The fourth-order valence-corrected chi connectivity index (χ4v) is 2.90. The molecule has 114 valence electrons. The van der Waals surface area contributed by atoms with Crippen molar-refractivity contribution >= 4 is 27.7 Å². The second-order valence-corrected chi connectivity index (χ2v) is 6.15. The first kappa shape index (κ1) is 15.8. The normalized spacial score (nSPS) is 17.7. The summed E-state index contributed by atoms with van der Waals surface area (Å²) in [5, 5.41) is 0. The molecule has 1 heterocycles. The molecular weight excluding hydrogens is 336 g/mol. The molecule has 1 aromatic carbocycles. The van der Waals surface area contributed by atoms with E-state index in [0.29, 0.717) is 24.3 Å². The Hall–Kier alpha value is -1.56. The zero-order chi connectivity index (χ0) is 15.6. The molecule has 1 saturated heterocycles. The molecule has 1 unspecified atom stereocenters. The molecular formula is C15H19BrN2O3. The van der Waals surface area contributed by atoms with Gasteiger partial charge in [0.1, 0.15) is 11.8 Å². The number of benzene rings is 1. The van der Waals surface area contributed by atoms with Crippen LogP contribution >= 0.6 is 15.9 Å². The van der Waals surface area contributed by atoms with Gasteiger partial charge in [-0.15, -0.1) is 0 Å². The van der Waals surface area contributed by atoms with Crippen LogP contribution in [0.15, 0.2) is 22.7 Å². The summed E-state index contributed by atoms with van der Waals surface area (Å²) in [5.41, 5.74) is 0.485. The quantitative estimate of drug-likeness (QED) is 0.835. The van der Waals surface area contributed by atoms with Gasteiger partial charge in [0.25, 0.3) is 5.91 Å². The zero-order valence-electron chi connectivity index (χ0n) is 12.4. The Morgan fingerprint density at radius 1 is 1.38 bits per heavy atom. The van der Waals surface area contributed by atoms with Gasteiger partial charge in [-0.1, -0.05) is 15.9 Å². The third-order valence-corrected chi connectivity index (χ3v) is 4.13. The number of nitrogens with zero attached hydrogens (tertiary/aromatic N) is 2. The van der Waals surface area contributed by atoms with Crippen molar-refractivity contribution in [1.82, 2.24) is 9.80 Å². The molecule has 5 nitrogen and oxygen atoms in total. The number of likely N-dealkylation sites (N-methyl/N-ethyl adjacent to an activating group) is 1. The largest absolute Gasteiger partial charge is 0.496 e. The van der Waals surface area contributed by atoms with Gasteiger partial charge in [-0.3, -0.25) is 9.59 Å². The Bertz CT molecular complexity index is 560. The van der Waals surface area contributed by atoms with Crippen molar-refractivity contribution in [1.29, 1.82) is 0 Å². The van der Waals surface area contributed by atoms with Gasteiger partial charge in [0, 0.05) is 25.1 Å². The van der Waals surface area contributed by atoms with Crippen LogP contribution in [-0.4, -0.2) is 55.4 Å². The summed E-state index contributed by atoms with van der Waals surface area (Å²) in [6, 6.07) is 4.90. The van der Waals surface area contributed by atoms with Crippen LogP contribution < -0.4 is 4.74 Å². The average molecular weight is 355 g/mol. The van der Waals surface area contributed by atoms with Crippen LogP contribution in [-0.2, 0) is 4.79 Å². The van der Waals surface area contributed by atoms with Crippen molar-refractivity contribution in [2.24, 2.45) is 0 Å². The lowest BCUT2D eigenvalue weighted by molar-refractivity contribution is -0.132. The van der Waals surface area contributed by atoms with Crippen LogP contribution in [0, 0.1) is 0 Å². The highest BCUT2D eigenvalue weighted by atomic mass is 79.9. The number of likely N-dealkylation sites (tertiary alicyclic amines) is 1. The van der Waals surface area contributed by atoms with Crippen molar-refractivity contribution in [3.05, 3.63) is 28.2 Å². The number of ether oxygens (including phenoxy) is 1. The summed E-state index contributed by atoms with van der Waals surface area (Å²) < 4.78 is 6.12. The Balaban J connectivity index is 2.29. The Labute approximate surface area is 133 Å². The van der Waals surface area contributed by atoms with Gasteiger partial charge in [-0.05, 0) is 31.0 Å². The second-order valence-electron chi connectivity index (χ2n) is 5.23. The molecule has 0 N–H and O–H groups in total. The van der Waals surface area contributed by atoms with Crippen molar-refractivity contribution in [2.75, 3.05) is 27.7 Å². The van der Waals surface area contributed by atoms with Gasteiger partial charge < -0.3 is 14.5 Å². The summed E-state index contributed by atoms with van der Waals surface area (Å²) >= 11 is 3.36. The first-order valence-electron chi connectivity index (χ1n) is 6.81. The van der Waals surface area contributed by atoms with Crippen LogP contribution in [0.2, 0.25) is 0 Å². The predicted octanol–water partition coefficient (Wildman–Crippen LogP) is 2.15. The summed E-state index contributed by atoms with van der Waals surface area (Å²) in [6.07, 6.45) is 1.55. The van der Waals surface area contributed by atoms with Crippen molar-refractivity contribution in [3.8, 4) is 5.75 Å². The molecule has 2 rings (SSSR count). The molecule has 1 aromatic rings. The molecule has 0 spiro atoms. The molecule has 1 aliphatic rings. The van der Waals surface area contributed by atoms with Gasteiger partial charge in [0.15, 0.2) is 0 Å². The fourth-order valence-electron chi connectivity index (χ4n) is 2.56. The van der Waals surface area contributed by atoms with Crippen LogP contribution in [0.25, 0.3) is 0 Å². The highest BCUT2D eigenvalue weighted by molar-refractivity contribution is 9.10. The zero-order valence-corrected chi connectivity index (χ0v) is 14.0. The smallest absolute Gasteiger partial charge is 0.258 e. The van der Waals surface area contributed by atoms with E-state index in [-0.39, 0.29) is 17.9 Å². The molecule has 1 aliphatic heterocycles. The number of carbonyl (C=O) groups is 2. The fraction of sp³-hybridized carbons (Fsp3) is 0.467. The van der Waals surface area contributed by atoms with Gasteiger partial charge in [-0.2, -0.15) is 0 Å². The Morgan fingerprint density at radius 2 is 2.10 bits per heavy atom. The number of methoxy groups -OCH3 is 1. The molecule has 21 heavy (non-hydrogen) atoms. The average Bonchev–Trinajstić information content (AvgIpc) is 2.94. The van der Waals surface area contributed by atoms with Crippen LogP contribution in [0.3, 0.4) is 0 Å². The monoisotopic (exact) mass is 354 g/mol. The van der Waals surface area contributed by atoms with Crippen LogP contribution in [0.1, 0.15) is 23.2 Å². The number of carbonyl (C=O) groups excluding carboxylic acids is 2. The molecule has 2 amide bonds. The van der Waals surface area contributed by atoms with E-state index in [2.05, 4.69) is 15.9 Å². The lowest BCUT2D eigenvalue weighted by atomic mass is 10.1. The molecule has 6 heteroatoms. The van der Waals surface area contributed by atoms with E-state index in [4.69, 9.17) is 4.74 Å². The molecule has 0 radical (unpaired) electrons. The SMILES string of the molecule is COc1cc(Br)ccc1C(=O)N1CCCC1C(=O)N(C)C. The topological polar surface area (TPSA) is 49.9 Å². The van der Waals surface area contributed by atoms with E-state index >= 15 is 0 Å². The van der Waals surface area contributed by atoms with Crippen molar-refractivity contribution in [2.45, 2.75) is 18.9 Å². The van der Waals surface area contributed by atoms with Gasteiger partial charge in [-0.25, -0.2) is 0 Å². The lowest BCUT2D eigenvalue weighted by Gasteiger charge is -2.26. The minimum Gasteiger partial charge on any atom is -0.496 e. The summed E-state index contributed by atoms with van der Waals surface area (Å²) in [4.78, 5) is 28.1. The van der Waals surface area contributed by atoms with Crippen molar-refractivity contribution in [3.63, 3.8) is 0 Å². The van der Waals surface area contributed by atoms with E-state index in [9.17, 15) is 9.59 Å². The number of hydrogen-bond acceptors (Lipinski definition) is 3. The summed E-state index contributed by atoms with van der Waals surface area (Å²) in [6.45, 7) is 0.600. The van der Waals surface area contributed by atoms with E-state index < -0.39 is 0 Å². The molecule has 0 bridgehead atoms. The van der Waals surface area contributed by atoms with Crippen LogP contribution in [0.5, 0.6) is 5.75 Å². The van der Waals surface area contributed by atoms with E-state index in [0.717, 1.165) is 10.9 Å². The summed E-state index contributed by atoms with van der Waals surface area (Å²) in [5.74, 6) is 0.325. The highest BCUT2D eigenvalue weighted by Gasteiger charge is 2.36. The second kappa shape index (κ2) is 6.47. The lowest BCUT2D eigenvalue weighted by Crippen LogP contribution is -2.45. The van der Waals surface area contributed by atoms with E-state index in [1.807, 2.05) is 0 Å². The molecule has 1 fully saturated rings. The third kappa shape index (κ3) is 3.20. The maximum absolute atomic E-state index is 12.7. The van der Waals surface area contributed by atoms with Gasteiger partial charge in [0.05, 0.1) is 12.7 Å². The van der Waals surface area contributed by atoms with Gasteiger partial charge in [0.2, 0.25) is 5.91 Å². The van der Waals surface area contributed by atoms with E-state index in [1.165, 1.54) is 12.0 Å². The number of hydrogen-bond donors (Lipinski definition) is 0. The molecule has 1 atom stereocenters. The van der Waals surface area contributed by atoms with Gasteiger partial charge >= 0.3 is 0 Å². The third-order valence-electron chi connectivity index (χ3n) is 3.63. The first-order chi connectivity index (χ1) is 9.95. The number of rotatable bonds is 3. The molecule has 0 aromatic heterocycles. The maximum atomic E-state index is 12.7. The maximum Gasteiger partial charge on any atom is 0.258 e. The summed E-state index contributed by atoms with van der Waals surface area (Å²) in [7, 11) is 4.96. The van der Waals surface area contributed by atoms with Crippen LogP contribution in [0.4, 0.5) is 0 Å². The number of halogens is 1. The first-order valence-corrected chi connectivity index (χ1v) is 7.60. The molecule has 0 saturated carbocycles. The predicted molar refractivity (Wildman–Crippen MR) is 83.4 cm³/mol. The molecule has 0 aliphatic carbocycles. The van der Waals surface area contributed by atoms with Crippen molar-refractivity contribution < 1.29 is 14.3 Å². The van der Waals surface area contributed by atoms with E-state index in [1.54, 1.807) is 37.2 Å². The highest BCUT2D eigenvalue weighted by Crippen LogP contribution is 2.28. The minimum atomic E-state index is -0.374. The minimum absolute atomic E-state index is 0.0306.